The number of rotatable bonds is 7. The molecular formula is C17H24ClN4O2+. The smallest absolute Gasteiger partial charge is 0.279 e. The lowest BCUT2D eigenvalue weighted by molar-refractivity contribution is -0.862. The van der Waals surface area contributed by atoms with Gasteiger partial charge in [0.25, 0.3) is 11.8 Å². The van der Waals surface area contributed by atoms with Crippen LogP contribution in [0.3, 0.4) is 0 Å². The van der Waals surface area contributed by atoms with Gasteiger partial charge in [-0.1, -0.05) is 37.6 Å². The van der Waals surface area contributed by atoms with Crippen LogP contribution in [0.1, 0.15) is 20.8 Å². The summed E-state index contributed by atoms with van der Waals surface area (Å²) in [5.41, 5.74) is -0.379. The third-order valence-corrected chi connectivity index (χ3v) is 4.19. The number of likely N-dealkylation sites (N-methyl/N-ethyl adjacent to an activating group) is 1. The number of carbonyl (C=O) groups is 2. The van der Waals surface area contributed by atoms with E-state index in [4.69, 9.17) is 11.6 Å². The SMILES string of the molecule is CC(C)[C@](C)(C#N)NC(=O)C[NH+](C)CC(=O)Nc1ccccc1Cl. The lowest BCUT2D eigenvalue weighted by atomic mass is 9.90. The van der Waals surface area contributed by atoms with E-state index in [0.717, 1.165) is 0 Å². The molecule has 0 fully saturated rings. The zero-order valence-electron chi connectivity index (χ0n) is 14.4. The number of carbonyl (C=O) groups excluding carboxylic acids is 2. The molecule has 2 atom stereocenters. The summed E-state index contributed by atoms with van der Waals surface area (Å²) in [6, 6.07) is 9.08. The van der Waals surface area contributed by atoms with Gasteiger partial charge in [0.15, 0.2) is 13.1 Å². The van der Waals surface area contributed by atoms with E-state index in [2.05, 4.69) is 16.7 Å². The minimum Gasteiger partial charge on any atom is -0.333 e. The van der Waals surface area contributed by atoms with E-state index in [1.165, 1.54) is 0 Å². The lowest BCUT2D eigenvalue weighted by Crippen LogP contribution is -3.11. The highest BCUT2D eigenvalue weighted by Crippen LogP contribution is 2.19. The van der Waals surface area contributed by atoms with Crippen molar-refractivity contribution >= 4 is 29.1 Å². The molecule has 0 spiro atoms. The van der Waals surface area contributed by atoms with Crippen molar-refractivity contribution < 1.29 is 14.5 Å². The van der Waals surface area contributed by atoms with Gasteiger partial charge in [-0.25, -0.2) is 0 Å². The second-order valence-electron chi connectivity index (χ2n) is 6.36. The van der Waals surface area contributed by atoms with Gasteiger partial charge in [0.05, 0.1) is 23.8 Å². The number of anilines is 1. The van der Waals surface area contributed by atoms with Crippen molar-refractivity contribution in [3.63, 3.8) is 0 Å². The number of amides is 2. The summed E-state index contributed by atoms with van der Waals surface area (Å²) in [5.74, 6) is -0.522. The molecule has 2 amide bonds. The largest absolute Gasteiger partial charge is 0.333 e. The second kappa shape index (κ2) is 8.67. The Balaban J connectivity index is 2.52. The summed E-state index contributed by atoms with van der Waals surface area (Å²) in [6.45, 7) is 5.65. The Hall–Kier alpha value is -2.10. The first kappa shape index (κ1) is 19.9. The molecule has 0 aliphatic heterocycles. The average Bonchev–Trinajstić information content (AvgIpc) is 2.48. The summed E-state index contributed by atoms with van der Waals surface area (Å²) < 4.78 is 0. The van der Waals surface area contributed by atoms with Gasteiger partial charge in [0.1, 0.15) is 5.54 Å². The third-order valence-electron chi connectivity index (χ3n) is 3.86. The number of para-hydroxylation sites is 1. The molecule has 3 N–H and O–H groups in total. The molecule has 1 aromatic rings. The summed E-state index contributed by atoms with van der Waals surface area (Å²) in [6.07, 6.45) is 0. The summed E-state index contributed by atoms with van der Waals surface area (Å²) >= 11 is 5.99. The van der Waals surface area contributed by atoms with Crippen molar-refractivity contribution in [2.75, 3.05) is 25.5 Å². The second-order valence-corrected chi connectivity index (χ2v) is 6.76. The predicted molar refractivity (Wildman–Crippen MR) is 93.7 cm³/mol. The molecule has 0 aliphatic carbocycles. The van der Waals surface area contributed by atoms with E-state index < -0.39 is 5.54 Å². The van der Waals surface area contributed by atoms with Crippen molar-refractivity contribution in [3.8, 4) is 6.07 Å². The molecule has 7 heteroatoms. The normalized spacial score (nSPS) is 14.4. The van der Waals surface area contributed by atoms with Crippen LogP contribution in [0.5, 0.6) is 0 Å². The van der Waals surface area contributed by atoms with Crippen LogP contribution in [0, 0.1) is 17.2 Å². The first-order valence-corrected chi connectivity index (χ1v) is 8.13. The van der Waals surface area contributed by atoms with E-state index in [9.17, 15) is 14.9 Å². The van der Waals surface area contributed by atoms with Crippen molar-refractivity contribution in [3.05, 3.63) is 29.3 Å². The molecule has 1 rings (SSSR count). The van der Waals surface area contributed by atoms with Crippen LogP contribution in [0.25, 0.3) is 0 Å². The lowest BCUT2D eigenvalue weighted by Gasteiger charge is -2.27. The zero-order valence-corrected chi connectivity index (χ0v) is 15.2. The molecule has 1 aromatic carbocycles. The summed E-state index contributed by atoms with van der Waals surface area (Å²) in [4.78, 5) is 24.8. The third kappa shape index (κ3) is 5.84. The monoisotopic (exact) mass is 351 g/mol. The van der Waals surface area contributed by atoms with Crippen LogP contribution < -0.4 is 15.5 Å². The van der Waals surface area contributed by atoms with E-state index in [1.807, 2.05) is 13.8 Å². The molecule has 0 radical (unpaired) electrons. The van der Waals surface area contributed by atoms with Gasteiger partial charge in [0, 0.05) is 0 Å². The Bertz CT molecular complexity index is 642. The first-order valence-electron chi connectivity index (χ1n) is 7.76. The molecule has 0 aliphatic rings. The molecule has 1 unspecified atom stereocenters. The Kier molecular flexibility index (Phi) is 7.20. The quantitative estimate of drug-likeness (QED) is 0.680. The molecule has 6 nitrogen and oxygen atoms in total. The van der Waals surface area contributed by atoms with E-state index in [0.29, 0.717) is 15.6 Å². The molecule has 24 heavy (non-hydrogen) atoms. The summed E-state index contributed by atoms with van der Waals surface area (Å²) in [5, 5.41) is 15.1. The van der Waals surface area contributed by atoms with Crippen molar-refractivity contribution in [2.45, 2.75) is 26.3 Å². The Labute approximate surface area is 147 Å². The van der Waals surface area contributed by atoms with Crippen LogP contribution in [-0.4, -0.2) is 37.5 Å². The number of hydrogen-bond donors (Lipinski definition) is 3. The molecule has 0 aromatic heterocycles. The Morgan fingerprint density at radius 2 is 1.88 bits per heavy atom. The van der Waals surface area contributed by atoms with Gasteiger partial charge in [-0.05, 0) is 25.0 Å². The van der Waals surface area contributed by atoms with Gasteiger partial charge in [0.2, 0.25) is 0 Å². The van der Waals surface area contributed by atoms with Crippen LogP contribution in [0.15, 0.2) is 24.3 Å². The fourth-order valence-electron chi connectivity index (χ4n) is 2.00. The molecule has 0 saturated heterocycles. The highest BCUT2D eigenvalue weighted by molar-refractivity contribution is 6.33. The summed E-state index contributed by atoms with van der Waals surface area (Å²) in [7, 11) is 1.74. The molecule has 0 heterocycles. The van der Waals surface area contributed by atoms with Crippen LogP contribution in [0.2, 0.25) is 5.02 Å². The number of hydrogen-bond acceptors (Lipinski definition) is 3. The Morgan fingerprint density at radius 1 is 1.29 bits per heavy atom. The van der Waals surface area contributed by atoms with E-state index >= 15 is 0 Å². The number of quaternary nitrogens is 1. The minimum atomic E-state index is -0.919. The number of benzene rings is 1. The van der Waals surface area contributed by atoms with Gasteiger partial charge in [-0.15, -0.1) is 0 Å². The molecular weight excluding hydrogens is 328 g/mol. The minimum absolute atomic E-state index is 0.0183. The maximum Gasteiger partial charge on any atom is 0.279 e. The maximum atomic E-state index is 12.1. The highest BCUT2D eigenvalue weighted by Gasteiger charge is 2.31. The molecule has 130 valence electrons. The van der Waals surface area contributed by atoms with Gasteiger partial charge < -0.3 is 15.5 Å². The number of nitriles is 1. The zero-order chi connectivity index (χ0) is 18.3. The molecule has 0 bridgehead atoms. The van der Waals surface area contributed by atoms with Gasteiger partial charge >= 0.3 is 0 Å². The fourth-order valence-corrected chi connectivity index (χ4v) is 2.19. The van der Waals surface area contributed by atoms with Crippen LogP contribution >= 0.6 is 11.6 Å². The highest BCUT2D eigenvalue weighted by atomic mass is 35.5. The van der Waals surface area contributed by atoms with Crippen LogP contribution in [0.4, 0.5) is 5.69 Å². The fraction of sp³-hybridized carbons (Fsp3) is 0.471. The average molecular weight is 352 g/mol. The predicted octanol–water partition coefficient (Wildman–Crippen LogP) is 0.848. The van der Waals surface area contributed by atoms with E-state index in [-0.39, 0.29) is 30.8 Å². The van der Waals surface area contributed by atoms with Gasteiger partial charge in [-0.3, -0.25) is 9.59 Å². The topological polar surface area (TPSA) is 86.4 Å². The van der Waals surface area contributed by atoms with Crippen molar-refractivity contribution in [1.82, 2.24) is 5.32 Å². The van der Waals surface area contributed by atoms with Crippen LogP contribution in [-0.2, 0) is 9.59 Å². The number of halogens is 1. The number of nitrogens with zero attached hydrogens (tertiary/aromatic N) is 1. The van der Waals surface area contributed by atoms with Crippen molar-refractivity contribution in [2.24, 2.45) is 5.92 Å². The van der Waals surface area contributed by atoms with E-state index in [1.54, 1.807) is 38.2 Å². The first-order chi connectivity index (χ1) is 11.2. The van der Waals surface area contributed by atoms with Gasteiger partial charge in [-0.2, -0.15) is 5.26 Å². The molecule has 0 saturated carbocycles. The standard InChI is InChI=1S/C17H23ClN4O2/c1-12(2)17(3,11-19)21-16(24)10-22(4)9-15(23)20-14-8-6-5-7-13(14)18/h5-8,12H,9-10H2,1-4H3,(H,20,23)(H,21,24)/p+1/t17-/m0/s1. The Morgan fingerprint density at radius 3 is 2.42 bits per heavy atom. The number of nitrogens with one attached hydrogen (secondary N) is 3. The van der Waals surface area contributed by atoms with Crippen molar-refractivity contribution in [1.29, 1.82) is 5.26 Å². The maximum absolute atomic E-state index is 12.1.